The monoisotopic (exact) mass is 673 g/mol. The number of nitrogens with zero attached hydrogens (tertiary/aromatic N) is 4. The van der Waals surface area contributed by atoms with Gasteiger partial charge in [0, 0.05) is 42.0 Å². The van der Waals surface area contributed by atoms with Gasteiger partial charge in [-0.2, -0.15) is 0 Å². The zero-order valence-electron chi connectivity index (χ0n) is 28.5. The van der Waals surface area contributed by atoms with Gasteiger partial charge in [0.05, 0.1) is 27.4 Å². The molecule has 0 bridgehead atoms. The molecular weight excluding hydrogens is 630 g/mol. The maximum atomic E-state index is 14.6. The molecule has 1 aliphatic rings. The number of aliphatic imine (C=N–C) groups is 1. The Hall–Kier alpha value is -5.26. The van der Waals surface area contributed by atoms with Crippen LogP contribution in [0.5, 0.6) is 17.2 Å². The van der Waals surface area contributed by atoms with Crippen LogP contribution < -0.4 is 19.5 Å². The summed E-state index contributed by atoms with van der Waals surface area (Å²) in [5, 5.41) is 15.9. The number of carbonyl (C=O) groups excluding carboxylic acids is 2. The third kappa shape index (κ3) is 9.21. The number of para-hydroxylation sites is 1. The van der Waals surface area contributed by atoms with Gasteiger partial charge in [-0.05, 0) is 74.2 Å². The minimum atomic E-state index is -1.65. The van der Waals surface area contributed by atoms with Crippen LogP contribution in [-0.2, 0) is 32.2 Å². The number of esters is 1. The first-order valence-electron chi connectivity index (χ1n) is 15.9. The number of nitrogens with one attached hydrogen (secondary N) is 1. The molecule has 13 heteroatoms. The molecular formula is C36H43N5O8. The molecule has 13 nitrogen and oxygen atoms in total. The van der Waals surface area contributed by atoms with Crippen LogP contribution in [0.25, 0.3) is 10.4 Å². The summed E-state index contributed by atoms with van der Waals surface area (Å²) < 4.78 is 28.9. The van der Waals surface area contributed by atoms with Crippen LogP contribution in [0, 0.1) is 0 Å². The molecule has 0 aliphatic carbocycles. The van der Waals surface area contributed by atoms with Crippen molar-refractivity contribution in [1.29, 1.82) is 0 Å². The van der Waals surface area contributed by atoms with Crippen LogP contribution in [0.4, 0.5) is 0 Å². The predicted molar refractivity (Wildman–Crippen MR) is 182 cm³/mol. The van der Waals surface area contributed by atoms with Crippen LogP contribution in [-0.4, -0.2) is 61.5 Å². The molecule has 1 aliphatic heterocycles. The lowest BCUT2D eigenvalue weighted by Crippen LogP contribution is -2.48. The highest BCUT2D eigenvalue weighted by Gasteiger charge is 2.54. The molecule has 2 N–H and O–H groups in total. The van der Waals surface area contributed by atoms with E-state index in [-0.39, 0.29) is 38.4 Å². The molecule has 0 radical (unpaired) electrons. The fraction of sp³-hybridized carbons (Fsp3) is 0.417. The Morgan fingerprint density at radius 1 is 1.04 bits per heavy atom. The van der Waals surface area contributed by atoms with Gasteiger partial charge in [-0.15, -0.1) is 0 Å². The third-order valence-corrected chi connectivity index (χ3v) is 7.73. The van der Waals surface area contributed by atoms with Gasteiger partial charge in [-0.3, -0.25) is 9.59 Å². The van der Waals surface area contributed by atoms with Crippen molar-refractivity contribution in [2.45, 2.75) is 70.4 Å². The van der Waals surface area contributed by atoms with Gasteiger partial charge in [0.25, 0.3) is 5.91 Å². The van der Waals surface area contributed by atoms with Gasteiger partial charge in [-0.1, -0.05) is 41.5 Å². The smallest absolute Gasteiger partial charge is 0.306 e. The second-order valence-electron chi connectivity index (χ2n) is 12.3. The van der Waals surface area contributed by atoms with Crippen molar-refractivity contribution in [2.75, 3.05) is 27.4 Å². The number of carbonyl (C=O) groups is 2. The highest BCUT2D eigenvalue weighted by molar-refractivity contribution is 6.01. The summed E-state index contributed by atoms with van der Waals surface area (Å²) >= 11 is 0. The number of hydrogen-bond donors (Lipinski definition) is 2. The van der Waals surface area contributed by atoms with E-state index in [0.29, 0.717) is 52.5 Å². The maximum absolute atomic E-state index is 14.6. The van der Waals surface area contributed by atoms with Crippen molar-refractivity contribution >= 4 is 17.8 Å². The SMILES string of the molecule is COc1cccc(CNC(=O)[C@]2(CCC(=O)OC(C)(C)C)N=C(c3ccc(OCCCO)cc3)O[C@@H]2c2ccccc2CN=[N+]=[N-])c1OC. The molecule has 1 amide bonds. The van der Waals surface area contributed by atoms with E-state index in [0.717, 1.165) is 0 Å². The third-order valence-electron chi connectivity index (χ3n) is 7.73. The average molecular weight is 674 g/mol. The largest absolute Gasteiger partial charge is 0.494 e. The molecule has 0 saturated carbocycles. The van der Waals surface area contributed by atoms with Crippen LogP contribution >= 0.6 is 0 Å². The highest BCUT2D eigenvalue weighted by Crippen LogP contribution is 2.45. The van der Waals surface area contributed by atoms with E-state index < -0.39 is 29.1 Å². The first-order valence-corrected chi connectivity index (χ1v) is 15.9. The molecule has 0 unspecified atom stereocenters. The summed E-state index contributed by atoms with van der Waals surface area (Å²) in [4.78, 5) is 35.6. The second kappa shape index (κ2) is 16.7. The summed E-state index contributed by atoms with van der Waals surface area (Å²) in [6.45, 7) is 5.76. The number of hydrogen-bond acceptors (Lipinski definition) is 10. The summed E-state index contributed by atoms with van der Waals surface area (Å²) in [6.07, 6.45) is -0.719. The normalized spacial score (nSPS) is 16.9. The number of benzene rings is 3. The molecule has 2 atom stereocenters. The quantitative estimate of drug-likeness (QED) is 0.0615. The van der Waals surface area contributed by atoms with Crippen molar-refractivity contribution in [1.82, 2.24) is 5.32 Å². The maximum Gasteiger partial charge on any atom is 0.306 e. The number of rotatable bonds is 16. The topological polar surface area (TPSA) is 174 Å². The Labute approximate surface area is 285 Å². The number of azide groups is 1. The summed E-state index contributed by atoms with van der Waals surface area (Å²) in [7, 11) is 3.05. The van der Waals surface area contributed by atoms with E-state index in [2.05, 4.69) is 15.3 Å². The fourth-order valence-electron chi connectivity index (χ4n) is 5.50. The molecule has 49 heavy (non-hydrogen) atoms. The lowest BCUT2D eigenvalue weighted by Gasteiger charge is -2.32. The van der Waals surface area contributed by atoms with Gasteiger partial charge >= 0.3 is 5.97 Å². The molecule has 0 fully saturated rings. The predicted octanol–water partition coefficient (Wildman–Crippen LogP) is 5.97. The second-order valence-corrected chi connectivity index (χ2v) is 12.3. The van der Waals surface area contributed by atoms with Gasteiger partial charge in [0.1, 0.15) is 11.4 Å². The van der Waals surface area contributed by atoms with Crippen molar-refractivity contribution in [3.05, 3.63) is 99.4 Å². The van der Waals surface area contributed by atoms with Crippen molar-refractivity contribution < 1.29 is 38.4 Å². The van der Waals surface area contributed by atoms with Crippen LogP contribution in [0.15, 0.2) is 76.8 Å². The first kappa shape index (κ1) is 36.6. The van der Waals surface area contributed by atoms with Gasteiger partial charge in [0.2, 0.25) is 5.90 Å². The average Bonchev–Trinajstić information content (AvgIpc) is 3.49. The Morgan fingerprint density at radius 3 is 2.45 bits per heavy atom. The Morgan fingerprint density at radius 2 is 1.78 bits per heavy atom. The van der Waals surface area contributed by atoms with E-state index in [1.54, 1.807) is 81.4 Å². The lowest BCUT2D eigenvalue weighted by atomic mass is 9.81. The standard InChI is InChI=1S/C36H43N5O8/c1-35(2,3)49-30(43)18-19-36(34(44)38-22-26-11-8-13-29(45-4)31(26)46-5)32(28-12-7-6-10-25(28)23-39-41-37)48-33(40-36)24-14-16-27(17-15-24)47-21-9-20-42/h6-8,10-17,32,42H,9,18-23H2,1-5H3,(H,38,44)/t32-,36-/m1/s1. The zero-order chi connectivity index (χ0) is 35.4. The number of aliphatic hydroxyl groups excluding tert-OH is 1. The molecule has 0 aromatic heterocycles. The van der Waals surface area contributed by atoms with Crippen LogP contribution in [0.2, 0.25) is 0 Å². The van der Waals surface area contributed by atoms with Gasteiger partial charge in [-0.25, -0.2) is 4.99 Å². The molecule has 0 saturated heterocycles. The number of ether oxygens (including phenoxy) is 5. The highest BCUT2D eigenvalue weighted by atomic mass is 16.6. The van der Waals surface area contributed by atoms with E-state index in [9.17, 15) is 9.59 Å². The Balaban J connectivity index is 1.81. The van der Waals surface area contributed by atoms with Crippen LogP contribution in [0.3, 0.4) is 0 Å². The number of methoxy groups -OCH3 is 2. The van der Waals surface area contributed by atoms with E-state index in [1.807, 2.05) is 6.07 Å². The fourth-order valence-corrected chi connectivity index (χ4v) is 5.50. The van der Waals surface area contributed by atoms with Crippen molar-refractivity contribution in [3.8, 4) is 17.2 Å². The summed E-state index contributed by atoms with van der Waals surface area (Å²) in [5.41, 5.74) is 9.17. The Kier molecular flexibility index (Phi) is 12.5. The minimum absolute atomic E-state index is 0.00646. The molecule has 260 valence electrons. The molecule has 1 heterocycles. The zero-order valence-corrected chi connectivity index (χ0v) is 28.5. The van der Waals surface area contributed by atoms with Gasteiger partial charge < -0.3 is 34.1 Å². The molecule has 3 aromatic carbocycles. The Bertz CT molecular complexity index is 1680. The molecule has 4 rings (SSSR count). The lowest BCUT2D eigenvalue weighted by molar-refractivity contribution is -0.155. The summed E-state index contributed by atoms with van der Waals surface area (Å²) in [6, 6.07) is 19.6. The van der Waals surface area contributed by atoms with E-state index >= 15 is 0 Å². The molecule has 3 aromatic rings. The molecule has 0 spiro atoms. The first-order chi connectivity index (χ1) is 23.5. The number of aliphatic hydroxyl groups is 1. The van der Waals surface area contributed by atoms with Crippen LogP contribution in [0.1, 0.15) is 68.4 Å². The van der Waals surface area contributed by atoms with E-state index in [4.69, 9.17) is 39.3 Å². The van der Waals surface area contributed by atoms with E-state index in [1.165, 1.54) is 14.2 Å². The minimum Gasteiger partial charge on any atom is -0.494 e. The number of amides is 1. The summed E-state index contributed by atoms with van der Waals surface area (Å²) in [5.74, 6) is 0.758. The van der Waals surface area contributed by atoms with Crippen molar-refractivity contribution in [3.63, 3.8) is 0 Å². The van der Waals surface area contributed by atoms with Crippen molar-refractivity contribution in [2.24, 2.45) is 10.1 Å². The van der Waals surface area contributed by atoms with Gasteiger partial charge in [0.15, 0.2) is 23.1 Å².